The van der Waals surface area contributed by atoms with Crippen molar-refractivity contribution >= 4 is 50.3 Å². The summed E-state index contributed by atoms with van der Waals surface area (Å²) in [4.78, 5) is 11.4. The van der Waals surface area contributed by atoms with Crippen LogP contribution in [-0.2, 0) is 14.8 Å². The number of halogens is 2. The van der Waals surface area contributed by atoms with Crippen LogP contribution in [0.3, 0.4) is 0 Å². The van der Waals surface area contributed by atoms with Gasteiger partial charge in [-0.1, -0.05) is 29.6 Å². The monoisotopic (exact) mass is 355 g/mol. The molecule has 0 saturated carbocycles. The first-order valence-corrected chi connectivity index (χ1v) is 9.29. The molecule has 1 aromatic rings. The van der Waals surface area contributed by atoms with Gasteiger partial charge in [0.05, 0.1) is 4.34 Å². The Balaban J connectivity index is 2.35. The van der Waals surface area contributed by atoms with Gasteiger partial charge >= 0.3 is 0 Å². The number of Topliss-reactive ketones (excluding diaryl/α,β-unsaturated/α-hetero) is 1. The highest BCUT2D eigenvalue weighted by Crippen LogP contribution is 2.37. The van der Waals surface area contributed by atoms with Crippen LogP contribution in [0.2, 0.25) is 8.67 Å². The van der Waals surface area contributed by atoms with Crippen LogP contribution in [0.1, 0.15) is 32.6 Å². The molecule has 0 aliphatic carbocycles. The van der Waals surface area contributed by atoms with E-state index in [2.05, 4.69) is 0 Å². The molecule has 1 fully saturated rings. The second-order valence-corrected chi connectivity index (χ2v) is 9.00. The quantitative estimate of drug-likeness (QED) is 0.829. The second-order valence-electron chi connectivity index (χ2n) is 4.86. The fourth-order valence-electron chi connectivity index (χ4n) is 2.45. The number of hydrogen-bond acceptors (Lipinski definition) is 4. The highest BCUT2D eigenvalue weighted by molar-refractivity contribution is 7.89. The van der Waals surface area contributed by atoms with Crippen molar-refractivity contribution in [3.8, 4) is 0 Å². The summed E-state index contributed by atoms with van der Waals surface area (Å²) >= 11 is 12.8. The molecule has 112 valence electrons. The molecule has 1 aromatic heterocycles. The fraction of sp³-hybridized carbons (Fsp3) is 0.583. The van der Waals surface area contributed by atoms with E-state index >= 15 is 0 Å². The molecular formula is C12H15Cl2NO3S2. The van der Waals surface area contributed by atoms with Gasteiger partial charge in [-0.3, -0.25) is 4.79 Å². The number of rotatable bonds is 4. The molecule has 8 heteroatoms. The molecule has 20 heavy (non-hydrogen) atoms. The number of piperidine rings is 1. The van der Waals surface area contributed by atoms with Gasteiger partial charge in [0.1, 0.15) is 15.0 Å². The van der Waals surface area contributed by atoms with Gasteiger partial charge in [0.25, 0.3) is 0 Å². The number of thiophene rings is 1. The topological polar surface area (TPSA) is 54.5 Å². The molecule has 1 aliphatic heterocycles. The van der Waals surface area contributed by atoms with Crippen LogP contribution in [0, 0.1) is 0 Å². The average molecular weight is 356 g/mol. The van der Waals surface area contributed by atoms with Crippen molar-refractivity contribution in [3.63, 3.8) is 0 Å². The molecule has 1 saturated heterocycles. The van der Waals surface area contributed by atoms with E-state index in [1.54, 1.807) is 0 Å². The van der Waals surface area contributed by atoms with Crippen molar-refractivity contribution < 1.29 is 13.2 Å². The molecule has 0 amide bonds. The summed E-state index contributed by atoms with van der Waals surface area (Å²) in [7, 11) is -3.69. The molecule has 1 unspecified atom stereocenters. The zero-order valence-corrected chi connectivity index (χ0v) is 14.1. The predicted octanol–water partition coefficient (Wildman–Crippen LogP) is 3.58. The molecule has 2 heterocycles. The summed E-state index contributed by atoms with van der Waals surface area (Å²) < 4.78 is 27.3. The molecule has 0 aromatic carbocycles. The molecule has 0 N–H and O–H groups in total. The zero-order chi connectivity index (χ0) is 14.9. The van der Waals surface area contributed by atoms with E-state index in [4.69, 9.17) is 23.2 Å². The average Bonchev–Trinajstić information content (AvgIpc) is 2.69. The zero-order valence-electron chi connectivity index (χ0n) is 10.9. The van der Waals surface area contributed by atoms with E-state index in [-0.39, 0.29) is 27.5 Å². The Hall–Kier alpha value is -0.140. The van der Waals surface area contributed by atoms with Crippen molar-refractivity contribution in [2.24, 2.45) is 0 Å². The van der Waals surface area contributed by atoms with Crippen molar-refractivity contribution in [3.05, 3.63) is 14.7 Å². The van der Waals surface area contributed by atoms with E-state index < -0.39 is 10.0 Å². The standard InChI is InChI=1S/C12H15Cl2NO3S2/c1-8(16)6-9-4-2-3-5-15(9)20(17,18)10-7-11(13)19-12(10)14/h7,9H,2-6H2,1H3. The highest BCUT2D eigenvalue weighted by Gasteiger charge is 2.35. The number of nitrogens with zero attached hydrogens (tertiary/aromatic N) is 1. The third-order valence-electron chi connectivity index (χ3n) is 3.31. The number of ketones is 1. The summed E-state index contributed by atoms with van der Waals surface area (Å²) in [5.41, 5.74) is 0. The third kappa shape index (κ3) is 3.36. The molecule has 2 rings (SSSR count). The van der Waals surface area contributed by atoms with Gasteiger partial charge in [-0.25, -0.2) is 8.42 Å². The molecule has 0 radical (unpaired) electrons. The maximum atomic E-state index is 12.7. The van der Waals surface area contributed by atoms with Gasteiger partial charge in [-0.15, -0.1) is 11.3 Å². The minimum atomic E-state index is -3.69. The van der Waals surface area contributed by atoms with Crippen LogP contribution in [0.5, 0.6) is 0 Å². The van der Waals surface area contributed by atoms with Crippen LogP contribution < -0.4 is 0 Å². The lowest BCUT2D eigenvalue weighted by Gasteiger charge is -2.34. The highest BCUT2D eigenvalue weighted by atomic mass is 35.5. The lowest BCUT2D eigenvalue weighted by atomic mass is 10.0. The Morgan fingerprint density at radius 2 is 2.15 bits per heavy atom. The summed E-state index contributed by atoms with van der Waals surface area (Å²) in [6, 6.07) is 1.10. The molecule has 1 aliphatic rings. The first-order chi connectivity index (χ1) is 9.32. The van der Waals surface area contributed by atoms with E-state index in [9.17, 15) is 13.2 Å². The lowest BCUT2D eigenvalue weighted by Crippen LogP contribution is -2.44. The van der Waals surface area contributed by atoms with Crippen molar-refractivity contribution in [1.82, 2.24) is 4.31 Å². The van der Waals surface area contributed by atoms with E-state index in [0.717, 1.165) is 24.2 Å². The van der Waals surface area contributed by atoms with Crippen molar-refractivity contribution in [1.29, 1.82) is 0 Å². The van der Waals surface area contributed by atoms with Gasteiger partial charge < -0.3 is 0 Å². The van der Waals surface area contributed by atoms with E-state index in [1.807, 2.05) is 0 Å². The third-order valence-corrected chi connectivity index (χ3v) is 7.01. The smallest absolute Gasteiger partial charge is 0.245 e. The number of sulfonamides is 1. The minimum absolute atomic E-state index is 0.00783. The van der Waals surface area contributed by atoms with E-state index in [0.29, 0.717) is 17.3 Å². The maximum absolute atomic E-state index is 12.7. The van der Waals surface area contributed by atoms with Gasteiger partial charge in [0, 0.05) is 19.0 Å². The Morgan fingerprint density at radius 1 is 1.45 bits per heavy atom. The van der Waals surface area contributed by atoms with E-state index in [1.165, 1.54) is 17.3 Å². The Bertz CT molecular complexity index is 612. The summed E-state index contributed by atoms with van der Waals surface area (Å²) in [5, 5.41) is 0. The van der Waals surface area contributed by atoms with Crippen LogP contribution in [0.25, 0.3) is 0 Å². The Morgan fingerprint density at radius 3 is 2.70 bits per heavy atom. The Kier molecular flexibility index (Phi) is 5.13. The normalized spacial score (nSPS) is 21.1. The first kappa shape index (κ1) is 16.2. The summed E-state index contributed by atoms with van der Waals surface area (Å²) in [5.74, 6) is -0.00783. The summed E-state index contributed by atoms with van der Waals surface area (Å²) in [6.07, 6.45) is 2.67. The largest absolute Gasteiger partial charge is 0.300 e. The molecule has 1 atom stereocenters. The molecule has 0 spiro atoms. The van der Waals surface area contributed by atoms with Crippen molar-refractivity contribution in [2.45, 2.75) is 43.5 Å². The summed E-state index contributed by atoms with van der Waals surface area (Å²) in [6.45, 7) is 1.90. The fourth-order valence-corrected chi connectivity index (χ4v) is 6.26. The van der Waals surface area contributed by atoms with Gasteiger partial charge in [0.15, 0.2) is 0 Å². The molecular weight excluding hydrogens is 341 g/mol. The van der Waals surface area contributed by atoms with Crippen LogP contribution in [0.15, 0.2) is 11.0 Å². The lowest BCUT2D eigenvalue weighted by molar-refractivity contribution is -0.118. The molecule has 4 nitrogen and oxygen atoms in total. The number of carbonyl (C=O) groups excluding carboxylic acids is 1. The minimum Gasteiger partial charge on any atom is -0.300 e. The van der Waals surface area contributed by atoms with Gasteiger partial charge in [0.2, 0.25) is 10.0 Å². The van der Waals surface area contributed by atoms with Crippen molar-refractivity contribution in [2.75, 3.05) is 6.54 Å². The van der Waals surface area contributed by atoms with Gasteiger partial charge in [-0.2, -0.15) is 4.31 Å². The van der Waals surface area contributed by atoms with Gasteiger partial charge in [-0.05, 0) is 25.8 Å². The van der Waals surface area contributed by atoms with Crippen LogP contribution >= 0.6 is 34.5 Å². The Labute approximate surface area is 132 Å². The first-order valence-electron chi connectivity index (χ1n) is 6.28. The predicted molar refractivity (Wildman–Crippen MR) is 81.2 cm³/mol. The SMILES string of the molecule is CC(=O)CC1CCCCN1S(=O)(=O)c1cc(Cl)sc1Cl. The van der Waals surface area contributed by atoms with Crippen LogP contribution in [-0.4, -0.2) is 31.1 Å². The maximum Gasteiger partial charge on any atom is 0.245 e. The van der Waals surface area contributed by atoms with Crippen LogP contribution in [0.4, 0.5) is 0 Å². The number of hydrogen-bond donors (Lipinski definition) is 0. The number of carbonyl (C=O) groups is 1. The molecule has 0 bridgehead atoms. The second kappa shape index (κ2) is 6.32.